The van der Waals surface area contributed by atoms with Crippen molar-refractivity contribution in [3.8, 4) is 11.3 Å². The lowest BCUT2D eigenvalue weighted by atomic mass is 9.98. The summed E-state index contributed by atoms with van der Waals surface area (Å²) >= 11 is 0. The average Bonchev–Trinajstić information content (AvgIpc) is 3.36. The van der Waals surface area contributed by atoms with Crippen LogP contribution in [0.2, 0.25) is 0 Å². The number of rotatable bonds is 5. The van der Waals surface area contributed by atoms with Gasteiger partial charge in [0.05, 0.1) is 0 Å². The van der Waals surface area contributed by atoms with Crippen LogP contribution in [0.15, 0.2) is 40.8 Å². The number of nitrogens with one attached hydrogen (secondary N) is 2. The Bertz CT molecular complexity index is 958. The van der Waals surface area contributed by atoms with Gasteiger partial charge in [-0.3, -0.25) is 10.1 Å². The molecule has 0 radical (unpaired) electrons. The molecule has 1 fully saturated rings. The molecule has 1 aromatic carbocycles. The van der Waals surface area contributed by atoms with Crippen molar-refractivity contribution < 1.29 is 9.21 Å². The zero-order valence-electron chi connectivity index (χ0n) is 16.6. The first kappa shape index (κ1) is 21.1. The van der Waals surface area contributed by atoms with Crippen LogP contribution in [0.1, 0.15) is 47.6 Å². The van der Waals surface area contributed by atoms with E-state index in [1.165, 1.54) is 5.56 Å². The van der Waals surface area contributed by atoms with Crippen LogP contribution in [-0.4, -0.2) is 33.8 Å². The molecule has 154 valence electrons. The number of amides is 1. The van der Waals surface area contributed by atoms with Gasteiger partial charge in [-0.05, 0) is 50.0 Å². The molecule has 0 aliphatic carbocycles. The first-order valence-corrected chi connectivity index (χ1v) is 9.76. The molecule has 2 aromatic heterocycles. The Morgan fingerprint density at radius 1 is 1.21 bits per heavy atom. The molecule has 0 bridgehead atoms. The molecule has 1 aliphatic rings. The van der Waals surface area contributed by atoms with Crippen LogP contribution in [0.4, 0.5) is 5.95 Å². The predicted octanol–water partition coefficient (Wildman–Crippen LogP) is 3.78. The fraction of sp³-hybridized carbons (Fsp3) is 0.381. The summed E-state index contributed by atoms with van der Waals surface area (Å²) in [6.45, 7) is 4.06. The van der Waals surface area contributed by atoms with Gasteiger partial charge >= 0.3 is 0 Å². The summed E-state index contributed by atoms with van der Waals surface area (Å²) in [5.74, 6) is 2.14. The second-order valence-corrected chi connectivity index (χ2v) is 7.11. The van der Waals surface area contributed by atoms with Gasteiger partial charge in [0.1, 0.15) is 5.76 Å². The van der Waals surface area contributed by atoms with Gasteiger partial charge in [0.25, 0.3) is 5.91 Å². The monoisotopic (exact) mass is 415 g/mol. The molecule has 4 rings (SSSR count). The van der Waals surface area contributed by atoms with E-state index in [1.54, 1.807) is 17.8 Å². The van der Waals surface area contributed by atoms with Gasteiger partial charge in [-0.1, -0.05) is 31.2 Å². The summed E-state index contributed by atoms with van der Waals surface area (Å²) in [5, 5.41) is 10.6. The molecule has 3 aromatic rings. The van der Waals surface area contributed by atoms with E-state index in [0.29, 0.717) is 17.6 Å². The SMILES string of the molecule is CCc1ccc(-c2ccc(C(=O)Nc3nc(C4CCNCC4)nn3C)o2)cc1.Cl. The van der Waals surface area contributed by atoms with E-state index in [9.17, 15) is 4.79 Å². The number of nitrogens with zero attached hydrogens (tertiary/aromatic N) is 3. The van der Waals surface area contributed by atoms with Crippen LogP contribution in [0.25, 0.3) is 11.3 Å². The van der Waals surface area contributed by atoms with Crippen molar-refractivity contribution in [2.24, 2.45) is 7.05 Å². The van der Waals surface area contributed by atoms with Crippen molar-refractivity contribution in [2.45, 2.75) is 32.1 Å². The summed E-state index contributed by atoms with van der Waals surface area (Å²) in [5.41, 5.74) is 2.21. The molecule has 3 heterocycles. The van der Waals surface area contributed by atoms with Gasteiger partial charge in [0.2, 0.25) is 5.95 Å². The average molecular weight is 416 g/mol. The highest BCUT2D eigenvalue weighted by atomic mass is 35.5. The first-order chi connectivity index (χ1) is 13.6. The maximum Gasteiger partial charge on any atom is 0.293 e. The molecule has 29 heavy (non-hydrogen) atoms. The Morgan fingerprint density at radius 3 is 2.62 bits per heavy atom. The molecule has 0 unspecified atom stereocenters. The van der Waals surface area contributed by atoms with Gasteiger partial charge in [-0.25, -0.2) is 4.68 Å². The van der Waals surface area contributed by atoms with E-state index in [-0.39, 0.29) is 24.1 Å². The number of piperidine rings is 1. The molecule has 8 heteroatoms. The molecule has 1 saturated heterocycles. The number of benzene rings is 1. The summed E-state index contributed by atoms with van der Waals surface area (Å²) in [4.78, 5) is 17.1. The lowest BCUT2D eigenvalue weighted by Gasteiger charge is -2.19. The molecule has 0 spiro atoms. The third-order valence-corrected chi connectivity index (χ3v) is 5.19. The highest BCUT2D eigenvalue weighted by molar-refractivity contribution is 6.01. The van der Waals surface area contributed by atoms with E-state index < -0.39 is 0 Å². The number of anilines is 1. The van der Waals surface area contributed by atoms with Crippen molar-refractivity contribution in [1.29, 1.82) is 0 Å². The van der Waals surface area contributed by atoms with Crippen LogP contribution >= 0.6 is 12.4 Å². The number of carbonyl (C=O) groups is 1. The zero-order valence-corrected chi connectivity index (χ0v) is 17.5. The second kappa shape index (κ2) is 9.24. The molecule has 0 saturated carbocycles. The predicted molar refractivity (Wildman–Crippen MR) is 115 cm³/mol. The van der Waals surface area contributed by atoms with Crippen molar-refractivity contribution >= 4 is 24.3 Å². The van der Waals surface area contributed by atoms with Crippen molar-refractivity contribution in [3.05, 3.63) is 53.5 Å². The van der Waals surface area contributed by atoms with Gasteiger partial charge in [-0.15, -0.1) is 12.4 Å². The standard InChI is InChI=1S/C21H25N5O2.ClH/c1-3-14-4-6-15(7-5-14)17-8-9-18(28-17)20(27)24-21-23-19(25-26(21)2)16-10-12-22-13-11-16;/h4-9,16,22H,3,10-13H2,1-2H3,(H,23,24,25,27);1H. The van der Waals surface area contributed by atoms with Gasteiger partial charge in [0.15, 0.2) is 11.6 Å². The number of hydrogen-bond donors (Lipinski definition) is 2. The molecular formula is C21H26ClN5O2. The maximum absolute atomic E-state index is 12.6. The van der Waals surface area contributed by atoms with Gasteiger partial charge < -0.3 is 9.73 Å². The van der Waals surface area contributed by atoms with Crippen LogP contribution in [0.3, 0.4) is 0 Å². The molecule has 2 N–H and O–H groups in total. The smallest absolute Gasteiger partial charge is 0.293 e. The van der Waals surface area contributed by atoms with Crippen molar-refractivity contribution in [2.75, 3.05) is 18.4 Å². The van der Waals surface area contributed by atoms with Crippen molar-refractivity contribution in [1.82, 2.24) is 20.1 Å². The maximum atomic E-state index is 12.6. The van der Waals surface area contributed by atoms with E-state index in [1.807, 2.05) is 18.2 Å². The number of furan rings is 1. The number of hydrogen-bond acceptors (Lipinski definition) is 5. The normalized spacial score (nSPS) is 14.4. The lowest BCUT2D eigenvalue weighted by Crippen LogP contribution is -2.27. The summed E-state index contributed by atoms with van der Waals surface area (Å²) < 4.78 is 7.38. The quantitative estimate of drug-likeness (QED) is 0.662. The Kier molecular flexibility index (Phi) is 6.71. The topological polar surface area (TPSA) is 85.0 Å². The van der Waals surface area contributed by atoms with E-state index in [4.69, 9.17) is 4.42 Å². The van der Waals surface area contributed by atoms with Crippen LogP contribution in [-0.2, 0) is 13.5 Å². The van der Waals surface area contributed by atoms with Gasteiger partial charge in [-0.2, -0.15) is 10.1 Å². The Labute approximate surface area is 176 Å². The fourth-order valence-corrected chi connectivity index (χ4v) is 3.45. The number of aromatic nitrogens is 3. The number of aryl methyl sites for hydroxylation is 2. The minimum Gasteiger partial charge on any atom is -0.451 e. The Morgan fingerprint density at radius 2 is 1.93 bits per heavy atom. The first-order valence-electron chi connectivity index (χ1n) is 9.76. The van der Waals surface area contributed by atoms with Gasteiger partial charge in [0, 0.05) is 18.5 Å². The summed E-state index contributed by atoms with van der Waals surface area (Å²) in [7, 11) is 1.79. The summed E-state index contributed by atoms with van der Waals surface area (Å²) in [6, 6.07) is 11.6. The molecule has 7 nitrogen and oxygen atoms in total. The van der Waals surface area contributed by atoms with E-state index in [2.05, 4.69) is 39.8 Å². The van der Waals surface area contributed by atoms with E-state index >= 15 is 0 Å². The molecule has 0 atom stereocenters. The fourth-order valence-electron chi connectivity index (χ4n) is 3.45. The molecule has 1 aliphatic heterocycles. The van der Waals surface area contributed by atoms with Crippen LogP contribution < -0.4 is 10.6 Å². The third-order valence-electron chi connectivity index (χ3n) is 5.19. The largest absolute Gasteiger partial charge is 0.451 e. The zero-order chi connectivity index (χ0) is 19.5. The third kappa shape index (κ3) is 4.68. The lowest BCUT2D eigenvalue weighted by molar-refractivity contribution is 0.0996. The highest BCUT2D eigenvalue weighted by Gasteiger charge is 2.22. The molecule has 1 amide bonds. The van der Waals surface area contributed by atoms with E-state index in [0.717, 1.165) is 43.7 Å². The summed E-state index contributed by atoms with van der Waals surface area (Å²) in [6.07, 6.45) is 3.01. The van der Waals surface area contributed by atoms with Crippen LogP contribution in [0, 0.1) is 0 Å². The number of carbonyl (C=O) groups excluding carboxylic acids is 1. The second-order valence-electron chi connectivity index (χ2n) is 7.11. The van der Waals surface area contributed by atoms with Crippen molar-refractivity contribution in [3.63, 3.8) is 0 Å². The number of halogens is 1. The highest BCUT2D eigenvalue weighted by Crippen LogP contribution is 2.25. The Hall–Kier alpha value is -2.64. The molecular weight excluding hydrogens is 390 g/mol. The minimum absolute atomic E-state index is 0. The van der Waals surface area contributed by atoms with Crippen LogP contribution in [0.5, 0.6) is 0 Å². The minimum atomic E-state index is -0.330. The Balaban J connectivity index is 0.00000240.